The highest BCUT2D eigenvalue weighted by Gasteiger charge is 2.33. The minimum Gasteiger partial charge on any atom is -0.383 e. The molecule has 1 heterocycles. The number of nitrogens with zero attached hydrogens (tertiary/aromatic N) is 3. The average molecular weight is 543 g/mol. The number of guanidine groups is 1. The molecule has 0 aliphatic carbocycles. The Kier molecular flexibility index (Phi) is 10.0. The molecule has 0 fully saturated rings. The lowest BCUT2D eigenvalue weighted by Gasteiger charge is -2.16. The van der Waals surface area contributed by atoms with Gasteiger partial charge in [-0.05, 0) is 31.5 Å². The van der Waals surface area contributed by atoms with E-state index in [0.29, 0.717) is 31.7 Å². The lowest BCUT2D eigenvalue weighted by Crippen LogP contribution is -2.37. The molecule has 11 heteroatoms. The van der Waals surface area contributed by atoms with E-state index < -0.39 is 17.6 Å². The Balaban J connectivity index is 0.00000450. The third-order valence-electron chi connectivity index (χ3n) is 4.52. The maximum atomic E-state index is 13.2. The molecular formula is C19H26F4IN5O. The number of aromatic nitrogens is 2. The molecule has 0 radical (unpaired) electrons. The molecule has 0 atom stereocenters. The average Bonchev–Trinajstić information content (AvgIpc) is 2.93. The summed E-state index contributed by atoms with van der Waals surface area (Å²) in [6, 6.07) is 2.62. The summed E-state index contributed by atoms with van der Waals surface area (Å²) in [5.41, 5.74) is 1.72. The molecule has 0 amide bonds. The van der Waals surface area contributed by atoms with E-state index in [1.54, 1.807) is 7.11 Å². The summed E-state index contributed by atoms with van der Waals surface area (Å²) in [5, 5.41) is 10.4. The summed E-state index contributed by atoms with van der Waals surface area (Å²) in [5.74, 6) is -0.606. The first-order valence-corrected chi connectivity index (χ1v) is 8.99. The number of ether oxygens (including phenoxy) is 1. The Hall–Kier alpha value is -1.89. The highest BCUT2D eigenvalue weighted by atomic mass is 127. The minimum atomic E-state index is -4.64. The van der Waals surface area contributed by atoms with Gasteiger partial charge in [0.25, 0.3) is 0 Å². The molecule has 2 rings (SSSR count). The van der Waals surface area contributed by atoms with Crippen LogP contribution in [0.1, 0.15) is 28.1 Å². The molecular weight excluding hydrogens is 517 g/mol. The molecule has 0 spiro atoms. The SMILES string of the molecule is CN=C(NCc1ccc(F)cc1C(F)(F)F)NCc1c(C)nn(CCOC)c1C.I. The van der Waals surface area contributed by atoms with Gasteiger partial charge >= 0.3 is 6.18 Å². The second-order valence-electron chi connectivity index (χ2n) is 6.44. The van der Waals surface area contributed by atoms with Crippen LogP contribution in [0.5, 0.6) is 0 Å². The Morgan fingerprint density at radius 2 is 1.87 bits per heavy atom. The molecule has 0 saturated carbocycles. The van der Waals surface area contributed by atoms with Gasteiger partial charge in [-0.25, -0.2) is 4.39 Å². The fraction of sp³-hybridized carbons (Fsp3) is 0.474. The highest BCUT2D eigenvalue weighted by molar-refractivity contribution is 14.0. The number of hydrogen-bond acceptors (Lipinski definition) is 3. The van der Waals surface area contributed by atoms with Gasteiger partial charge in [0, 0.05) is 38.5 Å². The zero-order valence-corrected chi connectivity index (χ0v) is 19.6. The predicted molar refractivity (Wildman–Crippen MR) is 117 cm³/mol. The van der Waals surface area contributed by atoms with Crippen molar-refractivity contribution in [3.8, 4) is 0 Å². The molecule has 0 aliphatic heterocycles. The van der Waals surface area contributed by atoms with Crippen LogP contribution in [0.3, 0.4) is 0 Å². The van der Waals surface area contributed by atoms with Gasteiger partial charge in [-0.3, -0.25) is 9.67 Å². The van der Waals surface area contributed by atoms with Gasteiger partial charge in [-0.2, -0.15) is 18.3 Å². The summed E-state index contributed by atoms with van der Waals surface area (Å²) in [7, 11) is 3.14. The van der Waals surface area contributed by atoms with Crippen molar-refractivity contribution in [2.24, 2.45) is 4.99 Å². The van der Waals surface area contributed by atoms with Gasteiger partial charge in [-0.1, -0.05) is 6.07 Å². The first-order chi connectivity index (χ1) is 13.7. The van der Waals surface area contributed by atoms with Crippen LogP contribution in [0.4, 0.5) is 17.6 Å². The van der Waals surface area contributed by atoms with Gasteiger partial charge in [-0.15, -0.1) is 24.0 Å². The maximum absolute atomic E-state index is 13.2. The van der Waals surface area contributed by atoms with Gasteiger partial charge in [0.15, 0.2) is 5.96 Å². The fourth-order valence-corrected chi connectivity index (χ4v) is 2.92. The maximum Gasteiger partial charge on any atom is 0.416 e. The lowest BCUT2D eigenvalue weighted by atomic mass is 10.1. The van der Waals surface area contributed by atoms with Crippen LogP contribution in [-0.4, -0.2) is 36.5 Å². The van der Waals surface area contributed by atoms with Crippen LogP contribution in [0, 0.1) is 19.7 Å². The number of alkyl halides is 3. The molecule has 0 unspecified atom stereocenters. The predicted octanol–water partition coefficient (Wildman–Crippen LogP) is 3.79. The molecule has 30 heavy (non-hydrogen) atoms. The highest BCUT2D eigenvalue weighted by Crippen LogP contribution is 2.32. The van der Waals surface area contributed by atoms with E-state index in [9.17, 15) is 17.6 Å². The number of aryl methyl sites for hydroxylation is 1. The van der Waals surface area contributed by atoms with Crippen LogP contribution in [-0.2, 0) is 30.5 Å². The van der Waals surface area contributed by atoms with Crippen molar-refractivity contribution in [3.63, 3.8) is 0 Å². The van der Waals surface area contributed by atoms with Gasteiger partial charge in [0.05, 0.1) is 24.4 Å². The molecule has 168 valence electrons. The molecule has 0 aliphatic rings. The third kappa shape index (κ3) is 6.83. The summed E-state index contributed by atoms with van der Waals surface area (Å²) < 4.78 is 59.5. The van der Waals surface area contributed by atoms with Crippen molar-refractivity contribution >= 4 is 29.9 Å². The van der Waals surface area contributed by atoms with Gasteiger partial charge in [0.1, 0.15) is 5.82 Å². The van der Waals surface area contributed by atoms with E-state index in [1.807, 2.05) is 18.5 Å². The second-order valence-corrected chi connectivity index (χ2v) is 6.44. The van der Waals surface area contributed by atoms with Crippen LogP contribution < -0.4 is 10.6 Å². The number of nitrogens with one attached hydrogen (secondary N) is 2. The second kappa shape index (κ2) is 11.5. The van der Waals surface area contributed by atoms with Crippen molar-refractivity contribution in [1.29, 1.82) is 0 Å². The topological polar surface area (TPSA) is 63.5 Å². The molecule has 0 saturated heterocycles. The van der Waals surface area contributed by atoms with E-state index in [0.717, 1.165) is 29.1 Å². The zero-order chi connectivity index (χ0) is 21.6. The molecule has 0 bridgehead atoms. The summed E-state index contributed by atoms with van der Waals surface area (Å²) >= 11 is 0. The zero-order valence-electron chi connectivity index (χ0n) is 17.2. The number of halogens is 5. The van der Waals surface area contributed by atoms with Crippen LogP contribution >= 0.6 is 24.0 Å². The minimum absolute atomic E-state index is 0. The monoisotopic (exact) mass is 543 g/mol. The Bertz CT molecular complexity index is 867. The lowest BCUT2D eigenvalue weighted by molar-refractivity contribution is -0.138. The smallest absolute Gasteiger partial charge is 0.383 e. The number of hydrogen-bond donors (Lipinski definition) is 2. The summed E-state index contributed by atoms with van der Waals surface area (Å²) in [4.78, 5) is 4.04. The molecule has 1 aromatic carbocycles. The van der Waals surface area contributed by atoms with Crippen molar-refractivity contribution < 1.29 is 22.3 Å². The van der Waals surface area contributed by atoms with Crippen molar-refractivity contribution in [2.45, 2.75) is 39.7 Å². The molecule has 1 aromatic heterocycles. The van der Waals surface area contributed by atoms with E-state index in [-0.39, 0.29) is 36.1 Å². The van der Waals surface area contributed by atoms with Crippen molar-refractivity contribution in [2.75, 3.05) is 20.8 Å². The normalized spacial score (nSPS) is 11.9. The Morgan fingerprint density at radius 3 is 2.47 bits per heavy atom. The van der Waals surface area contributed by atoms with Crippen molar-refractivity contribution in [3.05, 3.63) is 52.1 Å². The fourth-order valence-electron chi connectivity index (χ4n) is 2.92. The van der Waals surface area contributed by atoms with Crippen LogP contribution in [0.25, 0.3) is 0 Å². The quantitative estimate of drug-likeness (QED) is 0.242. The summed E-state index contributed by atoms with van der Waals surface area (Å²) in [6.45, 7) is 5.24. The van der Waals surface area contributed by atoms with Gasteiger partial charge < -0.3 is 15.4 Å². The van der Waals surface area contributed by atoms with E-state index in [1.165, 1.54) is 7.05 Å². The number of rotatable bonds is 7. The first-order valence-electron chi connectivity index (χ1n) is 8.99. The number of aliphatic imine (C=N–C) groups is 1. The Morgan fingerprint density at radius 1 is 1.20 bits per heavy atom. The first kappa shape index (κ1) is 26.1. The van der Waals surface area contributed by atoms with Gasteiger partial charge in [0.2, 0.25) is 0 Å². The molecule has 6 nitrogen and oxygen atoms in total. The van der Waals surface area contributed by atoms with E-state index in [4.69, 9.17) is 4.74 Å². The largest absolute Gasteiger partial charge is 0.416 e. The third-order valence-corrected chi connectivity index (χ3v) is 4.52. The number of methoxy groups -OCH3 is 1. The van der Waals surface area contributed by atoms with Crippen LogP contribution in [0.2, 0.25) is 0 Å². The summed E-state index contributed by atoms with van der Waals surface area (Å²) in [6.07, 6.45) is -4.64. The standard InChI is InChI=1S/C19H25F4N5O.HI/c1-12-16(13(2)28(27-12)7-8-29-4)11-26-18(24-3)25-10-14-5-6-15(20)9-17(14)19(21,22)23;/h5-6,9H,7-8,10-11H2,1-4H3,(H2,24,25,26);1H. The van der Waals surface area contributed by atoms with Crippen LogP contribution in [0.15, 0.2) is 23.2 Å². The number of benzene rings is 1. The Labute approximate surface area is 190 Å². The molecule has 2 aromatic rings. The van der Waals surface area contributed by atoms with E-state index >= 15 is 0 Å². The van der Waals surface area contributed by atoms with E-state index in [2.05, 4.69) is 20.7 Å². The molecule has 2 N–H and O–H groups in total. The van der Waals surface area contributed by atoms with Crippen molar-refractivity contribution in [1.82, 2.24) is 20.4 Å².